The third-order valence-corrected chi connectivity index (χ3v) is 10.3. The van der Waals surface area contributed by atoms with Gasteiger partial charge in [0.15, 0.2) is 0 Å². The molecule has 0 heterocycles. The summed E-state index contributed by atoms with van der Waals surface area (Å²) in [4.78, 5) is 0. The maximum absolute atomic E-state index is 3.06. The zero-order valence-electron chi connectivity index (χ0n) is 32.8. The second-order valence-electron chi connectivity index (χ2n) is 14.9. The van der Waals surface area contributed by atoms with Gasteiger partial charge in [-0.1, -0.05) is 139 Å². The molecule has 0 nitrogen and oxygen atoms in total. The molecule has 1 atom stereocenters. The van der Waals surface area contributed by atoms with Crippen molar-refractivity contribution in [3.63, 3.8) is 0 Å². The Morgan fingerprint density at radius 3 is 1.73 bits per heavy atom. The van der Waals surface area contributed by atoms with Crippen LogP contribution in [0.1, 0.15) is 114 Å². The van der Waals surface area contributed by atoms with Gasteiger partial charge in [0, 0.05) is 0 Å². The second kappa shape index (κ2) is 22.2. The first-order chi connectivity index (χ1) is 23.2. The Labute approximate surface area is 346 Å². The van der Waals surface area contributed by atoms with Crippen LogP contribution in [0.25, 0.3) is 43.8 Å². The summed E-state index contributed by atoms with van der Waals surface area (Å²) in [5.41, 5.74) is 11.3. The van der Waals surface area contributed by atoms with Crippen LogP contribution in [0.5, 0.6) is 0 Å². The molecule has 0 aromatic heterocycles. The molecule has 278 valence electrons. The van der Waals surface area contributed by atoms with Crippen molar-refractivity contribution >= 4 is 53.2 Å². The molecule has 0 saturated heterocycles. The van der Waals surface area contributed by atoms with Gasteiger partial charge in [-0.15, -0.1) is 93.9 Å². The quantitative estimate of drug-likeness (QED) is 0.116. The number of benzene rings is 4. The van der Waals surface area contributed by atoms with Crippen molar-refractivity contribution in [2.75, 3.05) is 0 Å². The van der Waals surface area contributed by atoms with E-state index in [1.54, 1.807) is 0 Å². The van der Waals surface area contributed by atoms with Gasteiger partial charge >= 0.3 is 30.2 Å². The summed E-state index contributed by atoms with van der Waals surface area (Å²) in [7, 11) is 0. The van der Waals surface area contributed by atoms with Crippen molar-refractivity contribution in [1.82, 2.24) is 0 Å². The molecule has 0 aliphatic heterocycles. The first kappa shape index (κ1) is 47.8. The van der Waals surface area contributed by atoms with E-state index in [4.69, 9.17) is 0 Å². The Balaban J connectivity index is 0.000000463. The standard InChI is InChI=1S/C24H29.C22H23.2CH3.2ClH.Si.Zr/c1-6-8-17(2)20-15-19-9-7-10-22(23(19)16-20)18-11-13-21(14-12-18)24(3,4)5;1-16-14-20-8-5-9-21(22(20)15-16)19-12-10-18(11-13-19)17-6-3-2-4-7-17;;;;;;/h7,9-17H,6,8H2,1-5H3;5,8-15,17H,2-4,6-7H2,1H3;2*1H3;2*1H;;/q4*-1;;;;. The topological polar surface area (TPSA) is 0 Å². The molecule has 1 fully saturated rings. The predicted molar refractivity (Wildman–Crippen MR) is 236 cm³/mol. The van der Waals surface area contributed by atoms with E-state index in [2.05, 4.69) is 158 Å². The van der Waals surface area contributed by atoms with Crippen LogP contribution in [0.4, 0.5) is 0 Å². The van der Waals surface area contributed by atoms with E-state index in [0.717, 1.165) is 5.92 Å². The Morgan fingerprint density at radius 2 is 1.21 bits per heavy atom. The molecule has 7 rings (SSSR count). The van der Waals surface area contributed by atoms with E-state index in [1.807, 2.05) is 0 Å². The third-order valence-electron chi connectivity index (χ3n) is 10.3. The van der Waals surface area contributed by atoms with Crippen LogP contribution in [0.2, 0.25) is 0 Å². The molecule has 0 N–H and O–H groups in total. The van der Waals surface area contributed by atoms with E-state index >= 15 is 0 Å². The fraction of sp³-hybridized carbons (Fsp3) is 0.333. The summed E-state index contributed by atoms with van der Waals surface area (Å²) in [6, 6.07) is 41.1. The van der Waals surface area contributed by atoms with E-state index in [-0.39, 0.29) is 45.1 Å². The zero-order valence-corrected chi connectivity index (χ0v) is 37.9. The summed E-state index contributed by atoms with van der Waals surface area (Å²) in [6.45, 7) is 16.6. The number of aryl methyl sites for hydroxylation is 1. The minimum atomic E-state index is 0. The Bertz CT molecular complexity index is 1900. The summed E-state index contributed by atoms with van der Waals surface area (Å²) in [5, 5.41) is 5.49. The van der Waals surface area contributed by atoms with E-state index in [0.29, 0.717) is 5.92 Å². The molecular formula is C48H60Cl2SiZr-4. The second-order valence-corrected chi connectivity index (χ2v) is 14.9. The van der Waals surface area contributed by atoms with Gasteiger partial charge < -0.3 is 14.9 Å². The maximum atomic E-state index is 3.06. The molecule has 52 heavy (non-hydrogen) atoms. The van der Waals surface area contributed by atoms with Crippen LogP contribution < -0.4 is 0 Å². The van der Waals surface area contributed by atoms with Crippen LogP contribution >= 0.6 is 24.8 Å². The Morgan fingerprint density at radius 1 is 0.712 bits per heavy atom. The average molecular weight is 827 g/mol. The first-order valence-electron chi connectivity index (χ1n) is 18.0. The average Bonchev–Trinajstić information content (AvgIpc) is 3.73. The molecule has 6 aromatic rings. The molecule has 0 bridgehead atoms. The molecule has 0 amide bonds. The fourth-order valence-corrected chi connectivity index (χ4v) is 7.55. The predicted octanol–water partition coefficient (Wildman–Crippen LogP) is 15.4. The first-order valence-corrected chi connectivity index (χ1v) is 22.2. The molecule has 2 radical (unpaired) electrons. The summed E-state index contributed by atoms with van der Waals surface area (Å²) < 4.78 is 0. The molecule has 4 heteroatoms. The van der Waals surface area contributed by atoms with Gasteiger partial charge in [0.05, 0.1) is 0 Å². The van der Waals surface area contributed by atoms with Crippen molar-refractivity contribution < 1.29 is 23.3 Å². The summed E-state index contributed by atoms with van der Waals surface area (Å²) in [6.07, 6.45) is 9.47. The van der Waals surface area contributed by atoms with E-state index in [1.165, 1.54) is 134 Å². The fourth-order valence-electron chi connectivity index (χ4n) is 7.55. The molecular weight excluding hydrogens is 767 g/mol. The zero-order chi connectivity index (χ0) is 34.3. The van der Waals surface area contributed by atoms with Crippen LogP contribution in [0.15, 0.2) is 109 Å². The number of hydrogen-bond acceptors (Lipinski definition) is 0. The normalized spacial score (nSPS) is 13.1. The van der Waals surface area contributed by atoms with Gasteiger partial charge in [-0.3, -0.25) is 0 Å². The molecule has 6 aromatic carbocycles. The summed E-state index contributed by atoms with van der Waals surface area (Å²) >= 11 is 1.36. The van der Waals surface area contributed by atoms with Gasteiger partial charge in [-0.2, -0.15) is 12.1 Å². The van der Waals surface area contributed by atoms with Gasteiger partial charge in [0.1, 0.15) is 0 Å². The minimum absolute atomic E-state index is 0. The van der Waals surface area contributed by atoms with Gasteiger partial charge in [-0.25, -0.2) is 0 Å². The Kier molecular flexibility index (Phi) is 20.4. The van der Waals surface area contributed by atoms with Crippen molar-refractivity contribution in [2.45, 2.75) is 104 Å². The number of hydrogen-bond donors (Lipinski definition) is 0. The van der Waals surface area contributed by atoms with Crippen LogP contribution in [0.3, 0.4) is 0 Å². The molecule has 1 aliphatic rings. The Hall–Kier alpha value is -2.22. The van der Waals surface area contributed by atoms with Crippen LogP contribution in [-0.2, 0) is 28.8 Å². The van der Waals surface area contributed by atoms with Gasteiger partial charge in [0.25, 0.3) is 0 Å². The SMILES string of the molecule is CCCC(C)c1cc2c(-c3ccc(C(C)(C)C)cc3)cccc2[cH-]1.Cc1cc2c(-c3ccc(C4CCCCC4)cc3)cccc2[cH-]1.Cl.Cl.[CH3-].[CH3-].[Si]=[Zr]. The molecule has 1 aliphatic carbocycles. The van der Waals surface area contributed by atoms with Crippen molar-refractivity contribution in [2.24, 2.45) is 0 Å². The van der Waals surface area contributed by atoms with Crippen molar-refractivity contribution in [3.05, 3.63) is 146 Å². The molecule has 1 unspecified atom stereocenters. The number of halogens is 2. The number of rotatable bonds is 6. The van der Waals surface area contributed by atoms with Crippen LogP contribution in [0, 0.1) is 21.8 Å². The monoisotopic (exact) mass is 824 g/mol. The van der Waals surface area contributed by atoms with E-state index < -0.39 is 0 Å². The van der Waals surface area contributed by atoms with Gasteiger partial charge in [-0.05, 0) is 58.8 Å². The van der Waals surface area contributed by atoms with Crippen molar-refractivity contribution in [1.29, 1.82) is 0 Å². The van der Waals surface area contributed by atoms with E-state index in [9.17, 15) is 0 Å². The van der Waals surface area contributed by atoms with Crippen LogP contribution in [-0.4, -0.2) is 6.88 Å². The summed E-state index contributed by atoms with van der Waals surface area (Å²) in [5.74, 6) is 1.43. The number of fused-ring (bicyclic) bond motifs is 2. The molecule has 1 saturated carbocycles. The van der Waals surface area contributed by atoms with Gasteiger partial charge in [0.2, 0.25) is 0 Å². The third kappa shape index (κ3) is 11.6. The van der Waals surface area contributed by atoms with Crippen molar-refractivity contribution in [3.8, 4) is 22.3 Å². The molecule has 0 spiro atoms.